The molecule has 0 aromatic heterocycles. The van der Waals surface area contributed by atoms with Crippen molar-refractivity contribution in [2.45, 2.75) is 0 Å². The number of halogens is 1. The molecule has 132 valence electrons. The molecule has 2 aliphatic rings. The van der Waals surface area contributed by atoms with Crippen LogP contribution >= 0.6 is 0 Å². The van der Waals surface area contributed by atoms with Crippen LogP contribution in [-0.2, 0) is 14.8 Å². The van der Waals surface area contributed by atoms with E-state index in [0.717, 1.165) is 0 Å². The molecule has 7 nitrogen and oxygen atoms in total. The van der Waals surface area contributed by atoms with Gasteiger partial charge in [0.25, 0.3) is 15.9 Å². The van der Waals surface area contributed by atoms with E-state index in [1.807, 2.05) is 0 Å². The number of nitrogens with zero attached hydrogens (tertiary/aromatic N) is 2. The number of sulfonamides is 1. The Bertz CT molecular complexity index is 860. The summed E-state index contributed by atoms with van der Waals surface area (Å²) in [6, 6.07) is 5.54. The second-order valence-corrected chi connectivity index (χ2v) is 7.13. The van der Waals surface area contributed by atoms with Crippen LogP contribution in [-0.4, -0.2) is 50.5 Å². The molecule has 2 heterocycles. The molecule has 0 fully saturated rings. The summed E-state index contributed by atoms with van der Waals surface area (Å²) in [5, 5.41) is 2.65. The van der Waals surface area contributed by atoms with Gasteiger partial charge in [0, 0.05) is 12.7 Å². The van der Waals surface area contributed by atoms with Crippen molar-refractivity contribution in [3.8, 4) is 5.75 Å². The third kappa shape index (κ3) is 4.24. The number of ether oxygens (including phenoxy) is 1. The molecule has 25 heavy (non-hydrogen) atoms. The van der Waals surface area contributed by atoms with E-state index in [1.54, 1.807) is 17.2 Å². The van der Waals surface area contributed by atoms with Gasteiger partial charge in [-0.2, -0.15) is 0 Å². The molecule has 2 aliphatic heterocycles. The number of rotatable bonds is 5. The van der Waals surface area contributed by atoms with Gasteiger partial charge in [-0.15, -0.1) is 4.40 Å². The SMILES string of the molecule is O=C(NCCOc1ccc(F)cc1)C1=CC=CN2CCS(=O)(=O)N=C12. The molecule has 3 rings (SSSR count). The molecule has 0 aliphatic carbocycles. The fraction of sp³-hybridized carbons (Fsp3) is 0.250. The molecule has 0 atom stereocenters. The van der Waals surface area contributed by atoms with Crippen LogP contribution in [0.1, 0.15) is 0 Å². The van der Waals surface area contributed by atoms with E-state index in [2.05, 4.69) is 9.71 Å². The molecule has 1 aromatic rings. The molecule has 1 N–H and O–H groups in total. The van der Waals surface area contributed by atoms with Gasteiger partial charge < -0.3 is 15.0 Å². The highest BCUT2D eigenvalue weighted by Crippen LogP contribution is 2.17. The van der Waals surface area contributed by atoms with Crippen molar-refractivity contribution in [3.05, 3.63) is 54.0 Å². The Morgan fingerprint density at radius 2 is 2.08 bits per heavy atom. The van der Waals surface area contributed by atoms with Crippen LogP contribution < -0.4 is 10.1 Å². The Morgan fingerprint density at radius 1 is 1.32 bits per heavy atom. The molecular formula is C16H16FN3O4S. The first-order valence-electron chi connectivity index (χ1n) is 7.59. The number of nitrogens with one attached hydrogen (secondary N) is 1. The van der Waals surface area contributed by atoms with Crippen molar-refractivity contribution in [3.63, 3.8) is 0 Å². The van der Waals surface area contributed by atoms with Gasteiger partial charge in [0.05, 0.1) is 17.9 Å². The van der Waals surface area contributed by atoms with Crippen LogP contribution in [0.15, 0.2) is 52.6 Å². The second kappa shape index (κ2) is 7.06. The average Bonchev–Trinajstić information content (AvgIpc) is 2.59. The summed E-state index contributed by atoms with van der Waals surface area (Å²) in [5.41, 5.74) is 0.188. The van der Waals surface area contributed by atoms with E-state index in [9.17, 15) is 17.6 Å². The topological polar surface area (TPSA) is 88.1 Å². The van der Waals surface area contributed by atoms with Crippen molar-refractivity contribution >= 4 is 21.8 Å². The molecule has 0 radical (unpaired) electrons. The molecule has 0 saturated heterocycles. The lowest BCUT2D eigenvalue weighted by molar-refractivity contribution is -0.117. The molecule has 1 aromatic carbocycles. The molecule has 0 spiro atoms. The van der Waals surface area contributed by atoms with Crippen LogP contribution in [0.3, 0.4) is 0 Å². The summed E-state index contributed by atoms with van der Waals surface area (Å²) < 4.78 is 45.2. The first kappa shape index (κ1) is 17.2. The first-order valence-corrected chi connectivity index (χ1v) is 9.20. The Morgan fingerprint density at radius 3 is 2.84 bits per heavy atom. The zero-order valence-corrected chi connectivity index (χ0v) is 14.0. The zero-order valence-electron chi connectivity index (χ0n) is 13.2. The smallest absolute Gasteiger partial charge is 0.256 e. The van der Waals surface area contributed by atoms with E-state index in [-0.39, 0.29) is 42.7 Å². The third-order valence-electron chi connectivity index (χ3n) is 3.57. The number of carbonyl (C=O) groups is 1. The Labute approximate surface area is 144 Å². The Hall–Kier alpha value is -2.68. The van der Waals surface area contributed by atoms with Gasteiger partial charge in [0.2, 0.25) is 0 Å². The fourth-order valence-electron chi connectivity index (χ4n) is 2.35. The molecule has 0 saturated carbocycles. The monoisotopic (exact) mass is 365 g/mol. The number of carbonyl (C=O) groups excluding carboxylic acids is 1. The fourth-order valence-corrected chi connectivity index (χ4v) is 3.34. The van der Waals surface area contributed by atoms with Crippen LogP contribution in [0.5, 0.6) is 5.75 Å². The predicted octanol–water partition coefficient (Wildman–Crippen LogP) is 0.818. The minimum absolute atomic E-state index is 0.0821. The van der Waals surface area contributed by atoms with Crippen LogP contribution in [0.4, 0.5) is 4.39 Å². The van der Waals surface area contributed by atoms with Crippen molar-refractivity contribution in [1.29, 1.82) is 0 Å². The van der Waals surface area contributed by atoms with E-state index in [0.29, 0.717) is 5.75 Å². The van der Waals surface area contributed by atoms with Crippen LogP contribution in [0, 0.1) is 5.82 Å². The van der Waals surface area contributed by atoms with Crippen molar-refractivity contribution in [2.75, 3.05) is 25.4 Å². The van der Waals surface area contributed by atoms with Gasteiger partial charge in [-0.1, -0.05) is 0 Å². The largest absolute Gasteiger partial charge is 0.492 e. The summed E-state index contributed by atoms with van der Waals surface area (Å²) in [6.45, 7) is 0.655. The summed E-state index contributed by atoms with van der Waals surface area (Å²) in [7, 11) is -3.55. The van der Waals surface area contributed by atoms with Crippen molar-refractivity contribution in [1.82, 2.24) is 10.2 Å². The lowest BCUT2D eigenvalue weighted by Crippen LogP contribution is -2.42. The number of hydrogen-bond donors (Lipinski definition) is 1. The normalized spacial score (nSPS) is 18.0. The van der Waals surface area contributed by atoms with Gasteiger partial charge in [-0.05, 0) is 36.4 Å². The quantitative estimate of drug-likeness (QED) is 0.781. The summed E-state index contributed by atoms with van der Waals surface area (Å²) in [5.74, 6) is -0.255. The highest BCUT2D eigenvalue weighted by molar-refractivity contribution is 7.90. The number of benzene rings is 1. The molecule has 0 unspecified atom stereocenters. The highest BCUT2D eigenvalue weighted by Gasteiger charge is 2.29. The van der Waals surface area contributed by atoms with E-state index in [1.165, 1.54) is 30.3 Å². The third-order valence-corrected chi connectivity index (χ3v) is 4.72. The van der Waals surface area contributed by atoms with E-state index >= 15 is 0 Å². The highest BCUT2D eigenvalue weighted by atomic mass is 32.2. The maximum Gasteiger partial charge on any atom is 0.256 e. The lowest BCUT2D eigenvalue weighted by atomic mass is 10.1. The molecular weight excluding hydrogens is 349 g/mol. The zero-order chi connectivity index (χ0) is 17.9. The second-order valence-electron chi connectivity index (χ2n) is 5.37. The minimum atomic E-state index is -3.55. The number of fused-ring (bicyclic) bond motifs is 1. The summed E-state index contributed by atoms with van der Waals surface area (Å²) in [6.07, 6.45) is 4.87. The number of amidine groups is 1. The lowest BCUT2D eigenvalue weighted by Gasteiger charge is -2.28. The molecule has 9 heteroatoms. The van der Waals surface area contributed by atoms with Gasteiger partial charge in [-0.3, -0.25) is 4.79 Å². The van der Waals surface area contributed by atoms with Crippen molar-refractivity contribution in [2.24, 2.45) is 4.40 Å². The summed E-state index contributed by atoms with van der Waals surface area (Å²) >= 11 is 0. The van der Waals surface area contributed by atoms with E-state index in [4.69, 9.17) is 4.74 Å². The average molecular weight is 365 g/mol. The van der Waals surface area contributed by atoms with Gasteiger partial charge >= 0.3 is 0 Å². The van der Waals surface area contributed by atoms with Gasteiger partial charge in [0.15, 0.2) is 5.84 Å². The van der Waals surface area contributed by atoms with Crippen LogP contribution in [0.2, 0.25) is 0 Å². The summed E-state index contributed by atoms with van der Waals surface area (Å²) in [4.78, 5) is 13.9. The van der Waals surface area contributed by atoms with Gasteiger partial charge in [-0.25, -0.2) is 12.8 Å². The number of hydrogen-bond acceptors (Lipinski definition) is 5. The number of allylic oxidation sites excluding steroid dienone is 2. The number of amides is 1. The predicted molar refractivity (Wildman–Crippen MR) is 90.1 cm³/mol. The first-order chi connectivity index (χ1) is 11.9. The van der Waals surface area contributed by atoms with Crippen LogP contribution in [0.25, 0.3) is 0 Å². The minimum Gasteiger partial charge on any atom is -0.492 e. The molecule has 1 amide bonds. The van der Waals surface area contributed by atoms with Crippen molar-refractivity contribution < 1.29 is 22.3 Å². The standard InChI is InChI=1S/C16H16FN3O4S/c17-12-3-5-13(6-4-12)24-10-7-18-16(21)14-2-1-8-20-9-11-25(22,23)19-15(14)20/h1-6,8H,7,9-11H2,(H,18,21). The van der Waals surface area contributed by atoms with E-state index < -0.39 is 15.9 Å². The maximum absolute atomic E-state index is 12.8. The Kier molecular flexibility index (Phi) is 4.84. The van der Waals surface area contributed by atoms with Gasteiger partial charge in [0.1, 0.15) is 18.2 Å². The molecule has 0 bridgehead atoms. The Balaban J connectivity index is 1.57. The maximum atomic E-state index is 12.8.